The number of nitrogens with one attached hydrogen (secondary N) is 1. The Bertz CT molecular complexity index is 956. The molecule has 1 N–H and O–H groups in total. The Labute approximate surface area is 167 Å². The minimum atomic E-state index is -0.235. The molecule has 8 heteroatoms. The van der Waals surface area contributed by atoms with Gasteiger partial charge in [0.2, 0.25) is 0 Å². The van der Waals surface area contributed by atoms with Crippen LogP contribution in [0.2, 0.25) is 0 Å². The van der Waals surface area contributed by atoms with Crippen LogP contribution >= 0.6 is 11.8 Å². The number of benzene rings is 2. The maximum absolute atomic E-state index is 12.4. The standard InChI is InChI=1S/C20H20N2O5S/c1-24-13-6-8-16(26-3)12(9-13)10-18-19(23)22-20(28-18)21-15-7-5-14(25-2)11-17(15)27-4/h5-11H,1-4H3,(H,21,22,23)/b18-10-. The molecule has 0 aromatic heterocycles. The van der Waals surface area contributed by atoms with Gasteiger partial charge in [0.1, 0.15) is 28.7 Å². The fourth-order valence-corrected chi connectivity index (χ4v) is 3.39. The first-order valence-electron chi connectivity index (χ1n) is 8.31. The van der Waals surface area contributed by atoms with E-state index in [1.165, 1.54) is 11.8 Å². The van der Waals surface area contributed by atoms with Gasteiger partial charge in [0.25, 0.3) is 5.91 Å². The molecule has 1 saturated heterocycles. The zero-order valence-electron chi connectivity index (χ0n) is 15.9. The second kappa shape index (κ2) is 8.71. The van der Waals surface area contributed by atoms with Crippen molar-refractivity contribution in [1.82, 2.24) is 5.32 Å². The Morgan fingerprint density at radius 2 is 1.57 bits per heavy atom. The molecule has 1 aliphatic heterocycles. The molecule has 0 saturated carbocycles. The van der Waals surface area contributed by atoms with Crippen LogP contribution in [0.15, 0.2) is 46.3 Å². The summed E-state index contributed by atoms with van der Waals surface area (Å²) in [6.45, 7) is 0. The molecule has 2 aromatic carbocycles. The van der Waals surface area contributed by atoms with Crippen LogP contribution in [0.1, 0.15) is 5.56 Å². The molecule has 146 valence electrons. The van der Waals surface area contributed by atoms with Gasteiger partial charge in [-0.2, -0.15) is 0 Å². The van der Waals surface area contributed by atoms with Crippen LogP contribution in [0.25, 0.3) is 6.08 Å². The molecular formula is C20H20N2O5S. The molecule has 0 atom stereocenters. The van der Waals surface area contributed by atoms with Gasteiger partial charge in [0.05, 0.1) is 33.3 Å². The van der Waals surface area contributed by atoms with Gasteiger partial charge in [0, 0.05) is 11.6 Å². The number of hydrogen-bond donors (Lipinski definition) is 1. The predicted octanol–water partition coefficient (Wildman–Crippen LogP) is 3.61. The van der Waals surface area contributed by atoms with E-state index >= 15 is 0 Å². The molecule has 1 heterocycles. The van der Waals surface area contributed by atoms with Crippen molar-refractivity contribution in [2.24, 2.45) is 4.99 Å². The van der Waals surface area contributed by atoms with Crippen LogP contribution < -0.4 is 24.3 Å². The highest BCUT2D eigenvalue weighted by Crippen LogP contribution is 2.35. The fourth-order valence-electron chi connectivity index (χ4n) is 2.56. The van der Waals surface area contributed by atoms with Crippen molar-refractivity contribution >= 4 is 34.6 Å². The lowest BCUT2D eigenvalue weighted by Crippen LogP contribution is -2.19. The van der Waals surface area contributed by atoms with Crippen LogP contribution in [0, 0.1) is 0 Å². The van der Waals surface area contributed by atoms with Gasteiger partial charge in [-0.05, 0) is 48.2 Å². The van der Waals surface area contributed by atoms with Crippen molar-refractivity contribution in [2.45, 2.75) is 0 Å². The predicted molar refractivity (Wildman–Crippen MR) is 110 cm³/mol. The third-order valence-corrected chi connectivity index (χ3v) is 4.89. The normalized spacial score (nSPS) is 16.2. The Hall–Kier alpha value is -3.13. The number of methoxy groups -OCH3 is 4. The van der Waals surface area contributed by atoms with E-state index in [2.05, 4.69) is 10.3 Å². The molecule has 28 heavy (non-hydrogen) atoms. The van der Waals surface area contributed by atoms with Gasteiger partial charge in [-0.15, -0.1) is 0 Å². The van der Waals surface area contributed by atoms with Gasteiger partial charge in [-0.25, -0.2) is 4.99 Å². The van der Waals surface area contributed by atoms with E-state index < -0.39 is 0 Å². The van der Waals surface area contributed by atoms with Gasteiger partial charge >= 0.3 is 0 Å². The van der Waals surface area contributed by atoms with Crippen LogP contribution in [-0.2, 0) is 4.79 Å². The van der Waals surface area contributed by atoms with Crippen molar-refractivity contribution in [3.8, 4) is 23.0 Å². The average Bonchev–Trinajstić information content (AvgIpc) is 3.06. The van der Waals surface area contributed by atoms with E-state index in [0.717, 1.165) is 5.56 Å². The summed E-state index contributed by atoms with van der Waals surface area (Å²) in [5, 5.41) is 3.23. The second-order valence-corrected chi connectivity index (χ2v) is 6.66. The molecule has 0 radical (unpaired) electrons. The SMILES string of the molecule is COc1ccc(OC)c(/C=C2\SC(=Nc3ccc(OC)cc3OC)NC2=O)c1. The molecule has 0 unspecified atom stereocenters. The summed E-state index contributed by atoms with van der Waals surface area (Å²) in [5.41, 5.74) is 1.33. The molecule has 0 aliphatic carbocycles. The number of thioether (sulfide) groups is 1. The third kappa shape index (κ3) is 4.23. The Morgan fingerprint density at radius 1 is 0.893 bits per heavy atom. The average molecular weight is 400 g/mol. The quantitative estimate of drug-likeness (QED) is 0.747. The molecule has 2 aromatic rings. The molecular weight excluding hydrogens is 380 g/mol. The van der Waals surface area contributed by atoms with Crippen molar-refractivity contribution in [3.05, 3.63) is 46.9 Å². The highest BCUT2D eigenvalue weighted by atomic mass is 32.2. The first-order chi connectivity index (χ1) is 13.6. The monoisotopic (exact) mass is 400 g/mol. The number of hydrogen-bond acceptors (Lipinski definition) is 7. The summed E-state index contributed by atoms with van der Waals surface area (Å²) in [5.74, 6) is 2.29. The second-order valence-electron chi connectivity index (χ2n) is 5.63. The largest absolute Gasteiger partial charge is 0.497 e. The smallest absolute Gasteiger partial charge is 0.264 e. The Morgan fingerprint density at radius 3 is 2.25 bits per heavy atom. The van der Waals surface area contributed by atoms with Crippen LogP contribution in [-0.4, -0.2) is 39.5 Å². The lowest BCUT2D eigenvalue weighted by atomic mass is 10.1. The van der Waals surface area contributed by atoms with E-state index in [0.29, 0.717) is 38.8 Å². The van der Waals surface area contributed by atoms with Crippen molar-refractivity contribution in [3.63, 3.8) is 0 Å². The Kier molecular flexibility index (Phi) is 6.10. The summed E-state index contributed by atoms with van der Waals surface area (Å²) in [4.78, 5) is 17.4. The van der Waals surface area contributed by atoms with E-state index in [1.54, 1.807) is 70.9 Å². The zero-order valence-corrected chi connectivity index (χ0v) is 16.8. The highest BCUT2D eigenvalue weighted by Gasteiger charge is 2.25. The Balaban J connectivity index is 1.90. The van der Waals surface area contributed by atoms with E-state index in [-0.39, 0.29) is 5.91 Å². The maximum Gasteiger partial charge on any atom is 0.264 e. The van der Waals surface area contributed by atoms with Crippen molar-refractivity contribution in [2.75, 3.05) is 28.4 Å². The lowest BCUT2D eigenvalue weighted by molar-refractivity contribution is -0.115. The molecule has 1 fully saturated rings. The number of rotatable bonds is 6. The summed E-state index contributed by atoms with van der Waals surface area (Å²) in [6, 6.07) is 10.7. The summed E-state index contributed by atoms with van der Waals surface area (Å²) >= 11 is 1.24. The minimum Gasteiger partial charge on any atom is -0.497 e. The lowest BCUT2D eigenvalue weighted by Gasteiger charge is -2.07. The minimum absolute atomic E-state index is 0.235. The third-order valence-electron chi connectivity index (χ3n) is 3.98. The molecule has 1 amide bonds. The summed E-state index contributed by atoms with van der Waals surface area (Å²) in [7, 11) is 6.30. The number of amidine groups is 1. The molecule has 3 rings (SSSR count). The maximum atomic E-state index is 12.4. The molecule has 0 spiro atoms. The van der Waals surface area contributed by atoms with Crippen LogP contribution in [0.4, 0.5) is 5.69 Å². The molecule has 0 bridgehead atoms. The van der Waals surface area contributed by atoms with E-state index in [9.17, 15) is 4.79 Å². The fraction of sp³-hybridized carbons (Fsp3) is 0.200. The van der Waals surface area contributed by atoms with Crippen LogP contribution in [0.5, 0.6) is 23.0 Å². The van der Waals surface area contributed by atoms with Gasteiger partial charge in [-0.1, -0.05) is 0 Å². The number of ether oxygens (including phenoxy) is 4. The molecule has 7 nitrogen and oxygen atoms in total. The summed E-state index contributed by atoms with van der Waals surface area (Å²) in [6.07, 6.45) is 1.75. The number of carbonyl (C=O) groups excluding carboxylic acids is 1. The topological polar surface area (TPSA) is 78.4 Å². The van der Waals surface area contributed by atoms with Gasteiger partial charge in [-0.3, -0.25) is 4.79 Å². The summed E-state index contributed by atoms with van der Waals surface area (Å²) < 4.78 is 21.2. The number of nitrogens with zero attached hydrogens (tertiary/aromatic N) is 1. The van der Waals surface area contributed by atoms with Crippen molar-refractivity contribution in [1.29, 1.82) is 0 Å². The van der Waals surface area contributed by atoms with E-state index in [1.807, 2.05) is 0 Å². The first-order valence-corrected chi connectivity index (χ1v) is 9.13. The molecule has 1 aliphatic rings. The number of carbonyl (C=O) groups is 1. The van der Waals surface area contributed by atoms with Gasteiger partial charge in [0.15, 0.2) is 5.17 Å². The zero-order chi connectivity index (χ0) is 20.1. The van der Waals surface area contributed by atoms with E-state index in [4.69, 9.17) is 18.9 Å². The van der Waals surface area contributed by atoms with Gasteiger partial charge < -0.3 is 24.3 Å². The number of amides is 1. The first kappa shape index (κ1) is 19.6. The highest BCUT2D eigenvalue weighted by molar-refractivity contribution is 8.18. The number of aliphatic imine (C=N–C) groups is 1. The van der Waals surface area contributed by atoms with Crippen molar-refractivity contribution < 1.29 is 23.7 Å². The van der Waals surface area contributed by atoms with Crippen LogP contribution in [0.3, 0.4) is 0 Å².